The van der Waals surface area contributed by atoms with Gasteiger partial charge in [-0.3, -0.25) is 14.4 Å². The molecule has 0 aromatic heterocycles. The smallest absolute Gasteiger partial charge is 0.260 e. The summed E-state index contributed by atoms with van der Waals surface area (Å²) in [5.41, 5.74) is 5.85. The molecule has 3 rings (SSSR count). The summed E-state index contributed by atoms with van der Waals surface area (Å²) in [5.74, 6) is -0.611. The standard InChI is InChI=1S/C21H23N3O6S/c1-15(25)17-3-2-4-19(13-17)31(28,29)24-11-9-23(10-12-24)20(26)14-30-18-7-5-16(6-8-18)21(22)27/h2-8,13H,9-12,14H2,1H3,(H2,22,27). The Hall–Kier alpha value is -3.24. The van der Waals surface area contributed by atoms with Gasteiger partial charge in [0.1, 0.15) is 5.75 Å². The van der Waals surface area contributed by atoms with Crippen molar-refractivity contribution in [1.82, 2.24) is 9.21 Å². The summed E-state index contributed by atoms with van der Waals surface area (Å²) in [6.45, 7) is 1.92. The van der Waals surface area contributed by atoms with Gasteiger partial charge < -0.3 is 15.4 Å². The van der Waals surface area contributed by atoms with E-state index in [1.54, 1.807) is 18.2 Å². The first-order valence-electron chi connectivity index (χ1n) is 9.60. The predicted molar refractivity (Wildman–Crippen MR) is 112 cm³/mol. The van der Waals surface area contributed by atoms with Gasteiger partial charge in [0, 0.05) is 37.3 Å². The van der Waals surface area contributed by atoms with E-state index < -0.39 is 15.9 Å². The molecule has 0 bridgehead atoms. The summed E-state index contributed by atoms with van der Waals surface area (Å²) in [6, 6.07) is 12.0. The number of ether oxygens (including phenoxy) is 1. The summed E-state index contributed by atoms with van der Waals surface area (Å²) in [5, 5.41) is 0. The van der Waals surface area contributed by atoms with Gasteiger partial charge in [-0.05, 0) is 43.3 Å². The third-order valence-corrected chi connectivity index (χ3v) is 6.87. The molecule has 9 nitrogen and oxygen atoms in total. The topological polar surface area (TPSA) is 127 Å². The molecular weight excluding hydrogens is 422 g/mol. The molecule has 2 amide bonds. The average molecular weight is 445 g/mol. The lowest BCUT2D eigenvalue weighted by Gasteiger charge is -2.34. The molecule has 1 aliphatic rings. The van der Waals surface area contributed by atoms with Crippen molar-refractivity contribution >= 4 is 27.6 Å². The zero-order valence-corrected chi connectivity index (χ0v) is 17.8. The first-order chi connectivity index (χ1) is 14.7. The Morgan fingerprint density at radius 3 is 2.19 bits per heavy atom. The number of carbonyl (C=O) groups excluding carboxylic acids is 3. The number of nitrogens with zero attached hydrogens (tertiary/aromatic N) is 2. The molecule has 2 N–H and O–H groups in total. The van der Waals surface area contributed by atoms with Crippen LogP contribution < -0.4 is 10.5 Å². The van der Waals surface area contributed by atoms with Crippen LogP contribution in [0.2, 0.25) is 0 Å². The van der Waals surface area contributed by atoms with E-state index in [1.807, 2.05) is 0 Å². The van der Waals surface area contributed by atoms with E-state index in [0.29, 0.717) is 16.9 Å². The first-order valence-corrected chi connectivity index (χ1v) is 11.0. The summed E-state index contributed by atoms with van der Waals surface area (Å²) >= 11 is 0. The number of rotatable bonds is 7. The molecule has 1 fully saturated rings. The Morgan fingerprint density at radius 2 is 1.61 bits per heavy atom. The molecule has 164 valence electrons. The number of nitrogens with two attached hydrogens (primary N) is 1. The van der Waals surface area contributed by atoms with Crippen molar-refractivity contribution in [2.75, 3.05) is 32.8 Å². The molecule has 10 heteroatoms. The van der Waals surface area contributed by atoms with E-state index in [-0.39, 0.29) is 49.4 Å². The molecule has 1 saturated heterocycles. The number of primary amides is 1. The van der Waals surface area contributed by atoms with Gasteiger partial charge in [-0.2, -0.15) is 4.31 Å². The van der Waals surface area contributed by atoms with Crippen molar-refractivity contribution in [1.29, 1.82) is 0 Å². The number of ketones is 1. The van der Waals surface area contributed by atoms with Gasteiger partial charge in [-0.15, -0.1) is 0 Å². The van der Waals surface area contributed by atoms with Crippen molar-refractivity contribution in [3.63, 3.8) is 0 Å². The van der Waals surface area contributed by atoms with Crippen LogP contribution in [-0.2, 0) is 14.8 Å². The van der Waals surface area contributed by atoms with E-state index >= 15 is 0 Å². The highest BCUT2D eigenvalue weighted by atomic mass is 32.2. The molecule has 0 unspecified atom stereocenters. The fourth-order valence-corrected chi connectivity index (χ4v) is 4.62. The second-order valence-corrected chi connectivity index (χ2v) is 8.98. The SMILES string of the molecule is CC(=O)c1cccc(S(=O)(=O)N2CCN(C(=O)COc3ccc(C(N)=O)cc3)CC2)c1. The van der Waals surface area contributed by atoms with E-state index in [4.69, 9.17) is 10.5 Å². The van der Waals surface area contributed by atoms with Gasteiger partial charge >= 0.3 is 0 Å². The van der Waals surface area contributed by atoms with Crippen LogP contribution in [0, 0.1) is 0 Å². The highest BCUT2D eigenvalue weighted by Crippen LogP contribution is 2.19. The van der Waals surface area contributed by atoms with Crippen LogP contribution in [0.5, 0.6) is 5.75 Å². The highest BCUT2D eigenvalue weighted by Gasteiger charge is 2.30. The van der Waals surface area contributed by atoms with Crippen molar-refractivity contribution in [3.8, 4) is 5.75 Å². The van der Waals surface area contributed by atoms with E-state index in [2.05, 4.69) is 0 Å². The van der Waals surface area contributed by atoms with Crippen molar-refractivity contribution in [2.45, 2.75) is 11.8 Å². The van der Waals surface area contributed by atoms with Gasteiger partial charge in [-0.25, -0.2) is 8.42 Å². The summed E-state index contributed by atoms with van der Waals surface area (Å²) < 4.78 is 32.5. The van der Waals surface area contributed by atoms with Gasteiger partial charge in [0.25, 0.3) is 5.91 Å². The number of hydrogen-bond donors (Lipinski definition) is 1. The minimum atomic E-state index is -3.76. The Morgan fingerprint density at radius 1 is 0.968 bits per heavy atom. The molecule has 0 saturated carbocycles. The number of carbonyl (C=O) groups is 3. The molecule has 0 spiro atoms. The number of amides is 2. The van der Waals surface area contributed by atoms with Crippen LogP contribution in [0.4, 0.5) is 0 Å². The fourth-order valence-electron chi connectivity index (χ4n) is 3.15. The Bertz CT molecular complexity index is 1090. The minimum Gasteiger partial charge on any atom is -0.484 e. The molecule has 0 atom stereocenters. The summed E-state index contributed by atoms with van der Waals surface area (Å²) in [4.78, 5) is 36.6. The second kappa shape index (κ2) is 9.27. The fraction of sp³-hybridized carbons (Fsp3) is 0.286. The van der Waals surface area contributed by atoms with Crippen LogP contribution in [0.15, 0.2) is 53.4 Å². The van der Waals surface area contributed by atoms with Crippen LogP contribution in [0.3, 0.4) is 0 Å². The average Bonchev–Trinajstić information content (AvgIpc) is 2.77. The van der Waals surface area contributed by atoms with E-state index in [1.165, 1.54) is 46.5 Å². The monoisotopic (exact) mass is 445 g/mol. The van der Waals surface area contributed by atoms with Crippen molar-refractivity contribution in [2.24, 2.45) is 5.73 Å². The molecule has 1 heterocycles. The first kappa shape index (κ1) is 22.4. The highest BCUT2D eigenvalue weighted by molar-refractivity contribution is 7.89. The van der Waals surface area contributed by atoms with Crippen LogP contribution >= 0.6 is 0 Å². The second-order valence-electron chi connectivity index (χ2n) is 7.05. The number of hydrogen-bond acceptors (Lipinski definition) is 6. The van der Waals surface area contributed by atoms with Crippen LogP contribution in [0.25, 0.3) is 0 Å². The van der Waals surface area contributed by atoms with Crippen molar-refractivity contribution in [3.05, 3.63) is 59.7 Å². The normalized spacial score (nSPS) is 14.8. The number of Topliss-reactive ketones (excluding diaryl/α,β-unsaturated/α-hetero) is 1. The zero-order chi connectivity index (χ0) is 22.6. The van der Waals surface area contributed by atoms with Gasteiger partial charge in [0.05, 0.1) is 4.90 Å². The largest absolute Gasteiger partial charge is 0.484 e. The van der Waals surface area contributed by atoms with Crippen molar-refractivity contribution < 1.29 is 27.5 Å². The third-order valence-electron chi connectivity index (χ3n) is 4.97. The molecule has 1 aliphatic heterocycles. The Balaban J connectivity index is 1.56. The number of sulfonamides is 1. The zero-order valence-electron chi connectivity index (χ0n) is 17.0. The molecule has 2 aromatic carbocycles. The molecule has 31 heavy (non-hydrogen) atoms. The van der Waals surface area contributed by atoms with Gasteiger partial charge in [0.2, 0.25) is 15.9 Å². The third kappa shape index (κ3) is 5.28. The lowest BCUT2D eigenvalue weighted by Crippen LogP contribution is -2.51. The maximum atomic E-state index is 12.9. The maximum absolute atomic E-state index is 12.9. The quantitative estimate of drug-likeness (QED) is 0.631. The molecule has 2 aromatic rings. The van der Waals surface area contributed by atoms with E-state index in [9.17, 15) is 22.8 Å². The number of benzene rings is 2. The molecule has 0 radical (unpaired) electrons. The maximum Gasteiger partial charge on any atom is 0.260 e. The summed E-state index contributed by atoms with van der Waals surface area (Å²) in [7, 11) is -3.76. The molecule has 0 aliphatic carbocycles. The Kier molecular flexibility index (Phi) is 6.71. The van der Waals surface area contributed by atoms with Gasteiger partial charge in [0.15, 0.2) is 12.4 Å². The summed E-state index contributed by atoms with van der Waals surface area (Å²) in [6.07, 6.45) is 0. The minimum absolute atomic E-state index is 0.0581. The molecular formula is C21H23N3O6S. The van der Waals surface area contributed by atoms with Crippen LogP contribution in [-0.4, -0.2) is 68.0 Å². The van der Waals surface area contributed by atoms with Gasteiger partial charge in [-0.1, -0.05) is 12.1 Å². The number of piperazine rings is 1. The Labute approximate surface area is 180 Å². The lowest BCUT2D eigenvalue weighted by molar-refractivity contribution is -0.134. The van der Waals surface area contributed by atoms with E-state index in [0.717, 1.165) is 0 Å². The predicted octanol–water partition coefficient (Wildman–Crippen LogP) is 0.900. The lowest BCUT2D eigenvalue weighted by atomic mass is 10.2. The van der Waals surface area contributed by atoms with Crippen LogP contribution in [0.1, 0.15) is 27.6 Å².